The van der Waals surface area contributed by atoms with Gasteiger partial charge in [0.15, 0.2) is 11.5 Å². The number of nitrogens with two attached hydrogens (primary N) is 1. The van der Waals surface area contributed by atoms with Crippen LogP contribution in [0.25, 0.3) is 0 Å². The van der Waals surface area contributed by atoms with E-state index in [4.69, 9.17) is 15.2 Å². The van der Waals surface area contributed by atoms with Gasteiger partial charge in [-0.15, -0.1) is 0 Å². The highest BCUT2D eigenvalue weighted by molar-refractivity contribution is 5.79. The number of nitrogens with zero attached hydrogens (tertiary/aromatic N) is 1. The molecule has 0 radical (unpaired) electrons. The standard InChI is InChI=1S/C23H31FN2O3/c1-16(2)14-26(17(3)23(25)27)11-10-18-8-9-21(22(13-18)28-4)29-15-19-6-5-7-20(24)12-19/h5-9,12-13,16-17H,10-11,14-15H2,1-4H3,(H2,25,27). The summed E-state index contributed by atoms with van der Waals surface area (Å²) in [6.45, 7) is 7.86. The number of methoxy groups -OCH3 is 1. The van der Waals surface area contributed by atoms with E-state index in [9.17, 15) is 9.18 Å². The summed E-state index contributed by atoms with van der Waals surface area (Å²) in [6, 6.07) is 11.8. The number of benzene rings is 2. The number of ether oxygens (including phenoxy) is 2. The normalized spacial score (nSPS) is 12.2. The fourth-order valence-corrected chi connectivity index (χ4v) is 3.14. The fraction of sp³-hybridized carbons (Fsp3) is 0.435. The van der Waals surface area contributed by atoms with Crippen LogP contribution in [-0.2, 0) is 17.8 Å². The van der Waals surface area contributed by atoms with Crippen molar-refractivity contribution in [1.29, 1.82) is 0 Å². The minimum atomic E-state index is -0.315. The molecular formula is C23H31FN2O3. The summed E-state index contributed by atoms with van der Waals surface area (Å²) >= 11 is 0. The highest BCUT2D eigenvalue weighted by atomic mass is 19.1. The van der Waals surface area contributed by atoms with E-state index in [1.807, 2.05) is 31.2 Å². The predicted octanol–water partition coefficient (Wildman–Crippen LogP) is 3.79. The molecule has 2 N–H and O–H groups in total. The SMILES string of the molecule is COc1cc(CCN(CC(C)C)C(C)C(N)=O)ccc1OCc1cccc(F)c1. The molecule has 2 aromatic rings. The molecule has 158 valence electrons. The largest absolute Gasteiger partial charge is 0.493 e. The summed E-state index contributed by atoms with van der Waals surface area (Å²) < 4.78 is 24.6. The van der Waals surface area contributed by atoms with Gasteiger partial charge < -0.3 is 15.2 Å². The van der Waals surface area contributed by atoms with Gasteiger partial charge >= 0.3 is 0 Å². The van der Waals surface area contributed by atoms with Crippen LogP contribution >= 0.6 is 0 Å². The van der Waals surface area contributed by atoms with Crippen LogP contribution in [0.5, 0.6) is 11.5 Å². The maximum Gasteiger partial charge on any atom is 0.234 e. The van der Waals surface area contributed by atoms with Crippen molar-refractivity contribution >= 4 is 5.91 Å². The molecule has 0 aliphatic carbocycles. The predicted molar refractivity (Wildman–Crippen MR) is 112 cm³/mol. The molecular weight excluding hydrogens is 371 g/mol. The number of hydrogen-bond donors (Lipinski definition) is 1. The molecule has 2 aromatic carbocycles. The van der Waals surface area contributed by atoms with Crippen molar-refractivity contribution in [3.63, 3.8) is 0 Å². The minimum absolute atomic E-state index is 0.256. The summed E-state index contributed by atoms with van der Waals surface area (Å²) in [5.74, 6) is 1.06. The second-order valence-electron chi connectivity index (χ2n) is 7.62. The average Bonchev–Trinajstić information content (AvgIpc) is 2.68. The maximum absolute atomic E-state index is 13.3. The van der Waals surface area contributed by atoms with Gasteiger partial charge in [-0.1, -0.05) is 32.0 Å². The van der Waals surface area contributed by atoms with Gasteiger partial charge in [-0.2, -0.15) is 0 Å². The van der Waals surface area contributed by atoms with Crippen LogP contribution in [0, 0.1) is 11.7 Å². The van der Waals surface area contributed by atoms with E-state index in [0.29, 0.717) is 17.4 Å². The number of amides is 1. The van der Waals surface area contributed by atoms with E-state index in [1.165, 1.54) is 12.1 Å². The Kier molecular flexibility index (Phi) is 8.46. The van der Waals surface area contributed by atoms with E-state index in [1.54, 1.807) is 13.2 Å². The van der Waals surface area contributed by atoms with Crippen molar-refractivity contribution in [2.45, 2.75) is 39.8 Å². The number of primary amides is 1. The Balaban J connectivity index is 2.03. The molecule has 1 amide bonds. The van der Waals surface area contributed by atoms with Crippen molar-refractivity contribution in [3.8, 4) is 11.5 Å². The van der Waals surface area contributed by atoms with Crippen LogP contribution in [0.3, 0.4) is 0 Å². The lowest BCUT2D eigenvalue weighted by Gasteiger charge is -2.28. The Labute approximate surface area is 172 Å². The monoisotopic (exact) mass is 402 g/mol. The molecule has 1 unspecified atom stereocenters. The highest BCUT2D eigenvalue weighted by Crippen LogP contribution is 2.29. The molecule has 29 heavy (non-hydrogen) atoms. The van der Waals surface area contributed by atoms with Crippen LogP contribution in [0.2, 0.25) is 0 Å². The van der Waals surface area contributed by atoms with Gasteiger partial charge in [0.25, 0.3) is 0 Å². The molecule has 0 aliphatic rings. The number of hydrogen-bond acceptors (Lipinski definition) is 4. The lowest BCUT2D eigenvalue weighted by atomic mass is 10.1. The van der Waals surface area contributed by atoms with E-state index >= 15 is 0 Å². The number of carbonyl (C=O) groups excluding carboxylic acids is 1. The van der Waals surface area contributed by atoms with E-state index in [-0.39, 0.29) is 24.4 Å². The molecule has 0 aliphatic heterocycles. The van der Waals surface area contributed by atoms with E-state index in [0.717, 1.165) is 30.6 Å². The Morgan fingerprint density at radius 1 is 1.10 bits per heavy atom. The topological polar surface area (TPSA) is 64.8 Å². The molecule has 0 saturated heterocycles. The van der Waals surface area contributed by atoms with Crippen LogP contribution in [0.15, 0.2) is 42.5 Å². The lowest BCUT2D eigenvalue weighted by Crippen LogP contribution is -2.45. The first-order chi connectivity index (χ1) is 13.8. The van der Waals surface area contributed by atoms with Gasteiger partial charge in [0, 0.05) is 13.1 Å². The lowest BCUT2D eigenvalue weighted by molar-refractivity contribution is -0.122. The second kappa shape index (κ2) is 10.8. The number of rotatable bonds is 11. The maximum atomic E-state index is 13.3. The van der Waals surface area contributed by atoms with Gasteiger partial charge in [0.05, 0.1) is 13.2 Å². The second-order valence-corrected chi connectivity index (χ2v) is 7.62. The fourth-order valence-electron chi connectivity index (χ4n) is 3.14. The highest BCUT2D eigenvalue weighted by Gasteiger charge is 2.19. The quantitative estimate of drug-likeness (QED) is 0.621. The molecule has 1 atom stereocenters. The van der Waals surface area contributed by atoms with Crippen molar-refractivity contribution in [2.75, 3.05) is 20.2 Å². The first-order valence-corrected chi connectivity index (χ1v) is 9.87. The zero-order valence-corrected chi connectivity index (χ0v) is 17.7. The molecule has 0 fully saturated rings. The van der Waals surface area contributed by atoms with Gasteiger partial charge in [-0.25, -0.2) is 4.39 Å². The average molecular weight is 403 g/mol. The van der Waals surface area contributed by atoms with Crippen LogP contribution in [-0.4, -0.2) is 37.0 Å². The molecule has 0 aromatic heterocycles. The van der Waals surface area contributed by atoms with Crippen molar-refractivity contribution in [2.24, 2.45) is 11.7 Å². The van der Waals surface area contributed by atoms with Crippen molar-refractivity contribution in [1.82, 2.24) is 4.90 Å². The number of carbonyl (C=O) groups is 1. The first kappa shape index (κ1) is 22.7. The molecule has 6 heteroatoms. The Morgan fingerprint density at radius 2 is 1.86 bits per heavy atom. The van der Waals surface area contributed by atoms with Crippen LogP contribution in [0.4, 0.5) is 4.39 Å². The molecule has 0 bridgehead atoms. The van der Waals surface area contributed by atoms with Gasteiger partial charge in [0.2, 0.25) is 5.91 Å². The summed E-state index contributed by atoms with van der Waals surface area (Å²) in [6.07, 6.45) is 0.755. The third kappa shape index (κ3) is 7.06. The third-order valence-corrected chi connectivity index (χ3v) is 4.76. The Hall–Kier alpha value is -2.60. The van der Waals surface area contributed by atoms with Crippen LogP contribution in [0.1, 0.15) is 31.9 Å². The summed E-state index contributed by atoms with van der Waals surface area (Å²) in [7, 11) is 1.59. The van der Waals surface area contributed by atoms with Crippen LogP contribution < -0.4 is 15.2 Å². The molecule has 0 heterocycles. The molecule has 0 saturated carbocycles. The summed E-state index contributed by atoms with van der Waals surface area (Å²) in [5, 5.41) is 0. The van der Waals surface area contributed by atoms with Gasteiger partial charge in [-0.05, 0) is 54.7 Å². The molecule has 2 rings (SSSR count). The zero-order chi connectivity index (χ0) is 21.4. The molecule has 5 nitrogen and oxygen atoms in total. The smallest absolute Gasteiger partial charge is 0.234 e. The zero-order valence-electron chi connectivity index (χ0n) is 17.7. The Morgan fingerprint density at radius 3 is 2.48 bits per heavy atom. The van der Waals surface area contributed by atoms with Gasteiger partial charge in [-0.3, -0.25) is 9.69 Å². The first-order valence-electron chi connectivity index (χ1n) is 9.87. The number of halogens is 1. The third-order valence-electron chi connectivity index (χ3n) is 4.76. The minimum Gasteiger partial charge on any atom is -0.493 e. The molecule has 0 spiro atoms. The summed E-state index contributed by atoms with van der Waals surface area (Å²) in [4.78, 5) is 13.7. The van der Waals surface area contributed by atoms with E-state index in [2.05, 4.69) is 18.7 Å². The van der Waals surface area contributed by atoms with Crippen molar-refractivity contribution in [3.05, 3.63) is 59.4 Å². The summed E-state index contributed by atoms with van der Waals surface area (Å²) in [5.41, 5.74) is 7.32. The Bertz CT molecular complexity index is 810. The van der Waals surface area contributed by atoms with Crippen molar-refractivity contribution < 1.29 is 18.7 Å². The van der Waals surface area contributed by atoms with E-state index < -0.39 is 0 Å². The van der Waals surface area contributed by atoms with Gasteiger partial charge in [0.1, 0.15) is 12.4 Å².